The lowest BCUT2D eigenvalue weighted by atomic mass is 9.95. The fraction of sp³-hybridized carbons (Fsp3) is 0.824. The molecule has 0 unspecified atom stereocenters. The van der Waals surface area contributed by atoms with E-state index in [1.165, 1.54) is 31.5 Å². The quantitative estimate of drug-likeness (QED) is 0.760. The summed E-state index contributed by atoms with van der Waals surface area (Å²) in [6, 6.07) is 0. The van der Waals surface area contributed by atoms with Crippen LogP contribution in [0.3, 0.4) is 0 Å². The van der Waals surface area contributed by atoms with Gasteiger partial charge in [-0.15, -0.1) is 0 Å². The summed E-state index contributed by atoms with van der Waals surface area (Å²) in [5.41, 5.74) is 2.27. The average molecular weight is 293 g/mol. The van der Waals surface area contributed by atoms with Crippen LogP contribution in [0.5, 0.6) is 0 Å². The molecule has 2 heterocycles. The van der Waals surface area contributed by atoms with Gasteiger partial charge in [0, 0.05) is 38.3 Å². The van der Waals surface area contributed by atoms with E-state index in [0.717, 1.165) is 50.5 Å². The lowest BCUT2D eigenvalue weighted by molar-refractivity contribution is -0.128. The SMILES string of the molecule is CCCCN(C)CC1CCN(C(=O)C(C)=C2CNC2)CC1. The molecule has 120 valence electrons. The number of rotatable bonds is 6. The van der Waals surface area contributed by atoms with E-state index < -0.39 is 0 Å². The number of unbranched alkanes of at least 4 members (excludes halogenated alkanes) is 1. The highest BCUT2D eigenvalue weighted by atomic mass is 16.2. The van der Waals surface area contributed by atoms with E-state index in [2.05, 4.69) is 29.1 Å². The second-order valence-corrected chi connectivity index (χ2v) is 6.68. The topological polar surface area (TPSA) is 35.6 Å². The lowest BCUT2D eigenvalue weighted by Crippen LogP contribution is -2.43. The fourth-order valence-corrected chi connectivity index (χ4v) is 3.18. The molecule has 0 bridgehead atoms. The van der Waals surface area contributed by atoms with Gasteiger partial charge in [0.05, 0.1) is 0 Å². The number of carbonyl (C=O) groups excluding carboxylic acids is 1. The van der Waals surface area contributed by atoms with Crippen molar-refractivity contribution in [3.63, 3.8) is 0 Å². The monoisotopic (exact) mass is 293 g/mol. The Morgan fingerprint density at radius 1 is 1.33 bits per heavy atom. The first kappa shape index (κ1) is 16.5. The maximum Gasteiger partial charge on any atom is 0.249 e. The lowest BCUT2D eigenvalue weighted by Gasteiger charge is -2.35. The van der Waals surface area contributed by atoms with Crippen molar-refractivity contribution in [2.45, 2.75) is 39.5 Å². The molecule has 0 atom stereocenters. The zero-order chi connectivity index (χ0) is 15.2. The van der Waals surface area contributed by atoms with Gasteiger partial charge < -0.3 is 15.1 Å². The van der Waals surface area contributed by atoms with Gasteiger partial charge in [-0.25, -0.2) is 0 Å². The Bertz CT molecular complexity index is 377. The molecule has 2 saturated heterocycles. The van der Waals surface area contributed by atoms with Crippen molar-refractivity contribution in [1.29, 1.82) is 0 Å². The predicted molar refractivity (Wildman–Crippen MR) is 87.3 cm³/mol. The number of nitrogens with one attached hydrogen (secondary N) is 1. The summed E-state index contributed by atoms with van der Waals surface area (Å²) in [5.74, 6) is 1.03. The van der Waals surface area contributed by atoms with Gasteiger partial charge in [-0.1, -0.05) is 13.3 Å². The molecule has 0 saturated carbocycles. The van der Waals surface area contributed by atoms with Gasteiger partial charge in [0.25, 0.3) is 0 Å². The van der Waals surface area contributed by atoms with Gasteiger partial charge in [0.15, 0.2) is 0 Å². The molecule has 2 aliphatic rings. The number of piperidine rings is 1. The van der Waals surface area contributed by atoms with Gasteiger partial charge >= 0.3 is 0 Å². The van der Waals surface area contributed by atoms with Crippen LogP contribution in [0, 0.1) is 5.92 Å². The number of likely N-dealkylation sites (tertiary alicyclic amines) is 1. The Kier molecular flexibility index (Phi) is 6.24. The number of hydrogen-bond acceptors (Lipinski definition) is 3. The Morgan fingerprint density at radius 2 is 2.00 bits per heavy atom. The summed E-state index contributed by atoms with van der Waals surface area (Å²) in [7, 11) is 2.23. The zero-order valence-corrected chi connectivity index (χ0v) is 14.0. The van der Waals surface area contributed by atoms with E-state index in [0.29, 0.717) is 0 Å². The van der Waals surface area contributed by atoms with Crippen molar-refractivity contribution >= 4 is 5.91 Å². The smallest absolute Gasteiger partial charge is 0.249 e. The molecule has 0 radical (unpaired) electrons. The van der Waals surface area contributed by atoms with Crippen molar-refractivity contribution in [3.05, 3.63) is 11.1 Å². The minimum atomic E-state index is 0.268. The summed E-state index contributed by atoms with van der Waals surface area (Å²) in [4.78, 5) is 16.9. The molecule has 2 aliphatic heterocycles. The van der Waals surface area contributed by atoms with E-state index in [1.807, 2.05) is 6.92 Å². The zero-order valence-electron chi connectivity index (χ0n) is 14.0. The third kappa shape index (κ3) is 4.55. The minimum absolute atomic E-state index is 0.268. The van der Waals surface area contributed by atoms with Crippen LogP contribution in [0.4, 0.5) is 0 Å². The van der Waals surface area contributed by atoms with E-state index in [9.17, 15) is 4.79 Å². The highest BCUT2D eigenvalue weighted by Crippen LogP contribution is 2.21. The molecule has 0 spiro atoms. The maximum atomic E-state index is 12.4. The molecular formula is C17H31N3O. The van der Waals surface area contributed by atoms with Crippen molar-refractivity contribution < 1.29 is 4.79 Å². The molecule has 1 N–H and O–H groups in total. The van der Waals surface area contributed by atoms with Crippen molar-refractivity contribution in [2.75, 3.05) is 46.3 Å². The molecule has 2 fully saturated rings. The molecule has 1 amide bonds. The molecule has 0 aromatic heterocycles. The fourth-order valence-electron chi connectivity index (χ4n) is 3.18. The first-order valence-electron chi connectivity index (χ1n) is 8.49. The molecule has 4 nitrogen and oxygen atoms in total. The maximum absolute atomic E-state index is 12.4. The normalized spacial score (nSPS) is 19.8. The third-order valence-electron chi connectivity index (χ3n) is 4.89. The van der Waals surface area contributed by atoms with E-state index >= 15 is 0 Å². The van der Waals surface area contributed by atoms with Crippen LogP contribution >= 0.6 is 0 Å². The van der Waals surface area contributed by atoms with Crippen LogP contribution in [-0.4, -0.2) is 62.0 Å². The van der Waals surface area contributed by atoms with Crippen LogP contribution < -0.4 is 5.32 Å². The second-order valence-electron chi connectivity index (χ2n) is 6.68. The molecule has 4 heteroatoms. The Hall–Kier alpha value is -0.870. The summed E-state index contributed by atoms with van der Waals surface area (Å²) < 4.78 is 0. The van der Waals surface area contributed by atoms with E-state index in [-0.39, 0.29) is 5.91 Å². The van der Waals surface area contributed by atoms with Crippen molar-refractivity contribution in [2.24, 2.45) is 5.92 Å². The number of amides is 1. The van der Waals surface area contributed by atoms with Gasteiger partial charge in [-0.2, -0.15) is 0 Å². The summed E-state index contributed by atoms with van der Waals surface area (Å²) in [6.45, 7) is 10.3. The van der Waals surface area contributed by atoms with Gasteiger partial charge in [-0.3, -0.25) is 4.79 Å². The standard InChI is InChI=1S/C17H31N3O/c1-4-5-8-19(3)13-15-6-9-20(10-7-15)17(21)14(2)16-11-18-12-16/h15,18H,4-13H2,1-3H3. The summed E-state index contributed by atoms with van der Waals surface area (Å²) in [6.07, 6.45) is 4.86. The molecule has 0 aliphatic carbocycles. The van der Waals surface area contributed by atoms with Crippen LogP contribution in [0.15, 0.2) is 11.1 Å². The summed E-state index contributed by atoms with van der Waals surface area (Å²) >= 11 is 0. The highest BCUT2D eigenvalue weighted by Gasteiger charge is 2.26. The molecule has 2 rings (SSSR count). The second kappa shape index (κ2) is 7.95. The predicted octanol–water partition coefficient (Wildman–Crippen LogP) is 1.88. The molecular weight excluding hydrogens is 262 g/mol. The minimum Gasteiger partial charge on any atom is -0.339 e. The molecule has 0 aromatic rings. The Morgan fingerprint density at radius 3 is 2.52 bits per heavy atom. The Labute approximate surface area is 129 Å². The number of hydrogen-bond donors (Lipinski definition) is 1. The first-order chi connectivity index (χ1) is 10.1. The van der Waals surface area contributed by atoms with Crippen molar-refractivity contribution in [1.82, 2.24) is 15.1 Å². The van der Waals surface area contributed by atoms with Gasteiger partial charge in [0.1, 0.15) is 0 Å². The first-order valence-corrected chi connectivity index (χ1v) is 8.49. The van der Waals surface area contributed by atoms with Crippen LogP contribution in [0.2, 0.25) is 0 Å². The summed E-state index contributed by atoms with van der Waals surface area (Å²) in [5, 5.41) is 3.21. The van der Waals surface area contributed by atoms with Crippen molar-refractivity contribution in [3.8, 4) is 0 Å². The van der Waals surface area contributed by atoms with E-state index in [1.54, 1.807) is 0 Å². The number of carbonyl (C=O) groups is 1. The van der Waals surface area contributed by atoms with Gasteiger partial charge in [0.2, 0.25) is 5.91 Å². The third-order valence-corrected chi connectivity index (χ3v) is 4.89. The van der Waals surface area contributed by atoms with Crippen LogP contribution in [-0.2, 0) is 4.79 Å². The van der Waals surface area contributed by atoms with Crippen LogP contribution in [0.1, 0.15) is 39.5 Å². The molecule has 0 aromatic carbocycles. The highest BCUT2D eigenvalue weighted by molar-refractivity contribution is 5.94. The molecule has 21 heavy (non-hydrogen) atoms. The average Bonchev–Trinajstić information content (AvgIpc) is 2.43. The van der Waals surface area contributed by atoms with E-state index in [4.69, 9.17) is 0 Å². The van der Waals surface area contributed by atoms with Crippen LogP contribution in [0.25, 0.3) is 0 Å². The largest absolute Gasteiger partial charge is 0.339 e. The number of nitrogens with zero attached hydrogens (tertiary/aromatic N) is 2. The van der Waals surface area contributed by atoms with Gasteiger partial charge in [-0.05, 0) is 51.3 Å². The Balaban J connectivity index is 1.74.